The van der Waals surface area contributed by atoms with E-state index in [-0.39, 0.29) is 27.3 Å². The fraction of sp³-hybridized carbons (Fsp3) is 0.357. The second-order valence-corrected chi connectivity index (χ2v) is 5.60. The van der Waals surface area contributed by atoms with Crippen molar-refractivity contribution in [1.29, 1.82) is 0 Å². The minimum atomic E-state index is -0.871. The molecule has 0 aliphatic rings. The lowest BCUT2D eigenvalue weighted by Crippen LogP contribution is -2.44. The Bertz CT molecular complexity index is 622. The second-order valence-electron chi connectivity index (χ2n) is 4.76. The Morgan fingerprint density at radius 3 is 2.57 bits per heavy atom. The average molecular weight is 362 g/mol. The van der Waals surface area contributed by atoms with Crippen molar-refractivity contribution in [3.8, 4) is 0 Å². The molecule has 9 heteroatoms. The molecule has 0 bridgehead atoms. The van der Waals surface area contributed by atoms with Gasteiger partial charge in [0.05, 0.1) is 16.3 Å². The van der Waals surface area contributed by atoms with Gasteiger partial charge >= 0.3 is 12.0 Å². The summed E-state index contributed by atoms with van der Waals surface area (Å²) in [6.07, 6.45) is 0.714. The highest BCUT2D eigenvalue weighted by atomic mass is 35.5. The zero-order chi connectivity index (χ0) is 17.6. The molecular formula is C14H17Cl2N3O4. The summed E-state index contributed by atoms with van der Waals surface area (Å²) in [6.45, 7) is 3.03. The van der Waals surface area contributed by atoms with Crippen LogP contribution in [-0.2, 0) is 9.53 Å². The average Bonchev–Trinajstić information content (AvgIpc) is 2.48. The second kappa shape index (κ2) is 8.59. The minimum absolute atomic E-state index is 0.00371. The number of urea groups is 1. The van der Waals surface area contributed by atoms with Gasteiger partial charge in [0.1, 0.15) is 0 Å². The van der Waals surface area contributed by atoms with E-state index in [2.05, 4.69) is 5.32 Å². The molecule has 0 aliphatic heterocycles. The molecule has 0 unspecified atom stereocenters. The van der Waals surface area contributed by atoms with E-state index < -0.39 is 24.5 Å². The monoisotopic (exact) mass is 361 g/mol. The molecule has 23 heavy (non-hydrogen) atoms. The summed E-state index contributed by atoms with van der Waals surface area (Å²) < 4.78 is 4.78. The molecule has 3 amide bonds. The number of carbonyl (C=O) groups is 3. The third-order valence-electron chi connectivity index (χ3n) is 2.89. The minimum Gasteiger partial charge on any atom is -0.452 e. The number of halogens is 2. The number of anilines is 1. The van der Waals surface area contributed by atoms with E-state index in [4.69, 9.17) is 33.7 Å². The van der Waals surface area contributed by atoms with Crippen molar-refractivity contribution >= 4 is 46.8 Å². The summed E-state index contributed by atoms with van der Waals surface area (Å²) in [5, 5.41) is 4.88. The van der Waals surface area contributed by atoms with Gasteiger partial charge in [-0.25, -0.2) is 9.59 Å². The van der Waals surface area contributed by atoms with Gasteiger partial charge in [0.15, 0.2) is 6.61 Å². The van der Waals surface area contributed by atoms with E-state index in [0.29, 0.717) is 6.42 Å². The molecule has 0 saturated carbocycles. The number of esters is 1. The maximum absolute atomic E-state index is 11.9. The quantitative estimate of drug-likeness (QED) is 0.550. The SMILES string of the molecule is CC[C@@H](C)NC(=O)NC(=O)COC(=O)c1cc(Cl)cc(Cl)c1N. The van der Waals surface area contributed by atoms with E-state index in [1.807, 2.05) is 12.2 Å². The number of nitrogens with one attached hydrogen (secondary N) is 2. The molecule has 1 aromatic carbocycles. The zero-order valence-corrected chi connectivity index (χ0v) is 14.1. The van der Waals surface area contributed by atoms with Crippen LogP contribution >= 0.6 is 23.2 Å². The summed E-state index contributed by atoms with van der Waals surface area (Å²) in [5.41, 5.74) is 5.59. The maximum Gasteiger partial charge on any atom is 0.340 e. The first-order chi connectivity index (χ1) is 10.7. The van der Waals surface area contributed by atoms with Crippen LogP contribution in [0.15, 0.2) is 12.1 Å². The molecule has 0 aromatic heterocycles. The Kier molecular flexibility index (Phi) is 7.12. The van der Waals surface area contributed by atoms with Crippen molar-refractivity contribution in [1.82, 2.24) is 10.6 Å². The van der Waals surface area contributed by atoms with E-state index in [0.717, 1.165) is 0 Å². The van der Waals surface area contributed by atoms with E-state index in [1.54, 1.807) is 6.92 Å². The van der Waals surface area contributed by atoms with Gasteiger partial charge in [-0.3, -0.25) is 10.1 Å². The summed E-state index contributed by atoms with van der Waals surface area (Å²) in [4.78, 5) is 34.9. The van der Waals surface area contributed by atoms with E-state index >= 15 is 0 Å². The Balaban J connectivity index is 2.57. The lowest BCUT2D eigenvalue weighted by molar-refractivity contribution is -0.123. The predicted octanol–water partition coefficient (Wildman–Crippen LogP) is 2.36. The van der Waals surface area contributed by atoms with E-state index in [9.17, 15) is 14.4 Å². The van der Waals surface area contributed by atoms with Gasteiger partial charge in [-0.05, 0) is 25.5 Å². The molecule has 1 aromatic rings. The van der Waals surface area contributed by atoms with Crippen molar-refractivity contribution in [2.45, 2.75) is 26.3 Å². The van der Waals surface area contributed by atoms with Crippen LogP contribution in [-0.4, -0.2) is 30.6 Å². The van der Waals surface area contributed by atoms with Gasteiger partial charge in [-0.1, -0.05) is 30.1 Å². The molecule has 0 heterocycles. The number of hydrogen-bond donors (Lipinski definition) is 3. The van der Waals surface area contributed by atoms with Crippen molar-refractivity contribution in [3.63, 3.8) is 0 Å². The molecule has 0 radical (unpaired) electrons. The fourth-order valence-electron chi connectivity index (χ4n) is 1.49. The van der Waals surface area contributed by atoms with Crippen LogP contribution in [0.25, 0.3) is 0 Å². The first kappa shape index (κ1) is 19.1. The maximum atomic E-state index is 11.9. The standard InChI is InChI=1S/C14H17Cl2N3O4/c1-3-7(2)18-14(22)19-11(20)6-23-13(21)9-4-8(15)5-10(16)12(9)17/h4-5,7H,3,6,17H2,1-2H3,(H2,18,19,20,22)/t7-/m1/s1. The Labute approximate surface area is 143 Å². The van der Waals surface area contributed by atoms with Crippen molar-refractivity contribution < 1.29 is 19.1 Å². The molecular weight excluding hydrogens is 345 g/mol. The Hall–Kier alpha value is -1.99. The normalized spacial score (nSPS) is 11.5. The molecule has 1 rings (SSSR count). The first-order valence-electron chi connectivity index (χ1n) is 6.76. The highest BCUT2D eigenvalue weighted by molar-refractivity contribution is 6.37. The van der Waals surface area contributed by atoms with Gasteiger partial charge in [-0.15, -0.1) is 0 Å². The number of carbonyl (C=O) groups excluding carboxylic acids is 3. The van der Waals surface area contributed by atoms with Gasteiger partial charge in [0.2, 0.25) is 0 Å². The fourth-order valence-corrected chi connectivity index (χ4v) is 1.98. The van der Waals surface area contributed by atoms with Crippen molar-refractivity contribution in [2.75, 3.05) is 12.3 Å². The zero-order valence-electron chi connectivity index (χ0n) is 12.6. The first-order valence-corrected chi connectivity index (χ1v) is 7.52. The van der Waals surface area contributed by atoms with Crippen LogP contribution in [0.1, 0.15) is 30.6 Å². The van der Waals surface area contributed by atoms with Crippen LogP contribution in [0.4, 0.5) is 10.5 Å². The largest absolute Gasteiger partial charge is 0.452 e. The molecule has 0 saturated heterocycles. The Morgan fingerprint density at radius 2 is 1.96 bits per heavy atom. The van der Waals surface area contributed by atoms with Crippen LogP contribution < -0.4 is 16.4 Å². The topological polar surface area (TPSA) is 111 Å². The number of nitrogens with two attached hydrogens (primary N) is 1. The van der Waals surface area contributed by atoms with Crippen LogP contribution in [0.2, 0.25) is 10.0 Å². The highest BCUT2D eigenvalue weighted by Crippen LogP contribution is 2.27. The van der Waals surface area contributed by atoms with Gasteiger partial charge < -0.3 is 15.8 Å². The molecule has 0 spiro atoms. The number of amides is 3. The summed E-state index contributed by atoms with van der Waals surface area (Å²) in [5.74, 6) is -1.64. The molecule has 1 atom stereocenters. The lowest BCUT2D eigenvalue weighted by Gasteiger charge is -2.12. The van der Waals surface area contributed by atoms with Crippen molar-refractivity contribution in [3.05, 3.63) is 27.7 Å². The number of hydrogen-bond acceptors (Lipinski definition) is 5. The molecule has 0 aliphatic carbocycles. The number of nitrogen functional groups attached to an aromatic ring is 1. The van der Waals surface area contributed by atoms with Crippen molar-refractivity contribution in [2.24, 2.45) is 0 Å². The van der Waals surface area contributed by atoms with Crippen LogP contribution in [0, 0.1) is 0 Å². The number of ether oxygens (including phenoxy) is 1. The summed E-state index contributed by atoms with van der Waals surface area (Å²) in [6, 6.07) is 1.91. The van der Waals surface area contributed by atoms with E-state index in [1.165, 1.54) is 12.1 Å². The van der Waals surface area contributed by atoms with Crippen LogP contribution in [0.3, 0.4) is 0 Å². The predicted molar refractivity (Wildman–Crippen MR) is 87.6 cm³/mol. The smallest absolute Gasteiger partial charge is 0.340 e. The van der Waals surface area contributed by atoms with Gasteiger partial charge in [0.25, 0.3) is 5.91 Å². The Morgan fingerprint density at radius 1 is 1.30 bits per heavy atom. The third kappa shape index (κ3) is 5.96. The van der Waals surface area contributed by atoms with Crippen LogP contribution in [0.5, 0.6) is 0 Å². The molecule has 0 fully saturated rings. The van der Waals surface area contributed by atoms with Gasteiger partial charge in [-0.2, -0.15) is 0 Å². The lowest BCUT2D eigenvalue weighted by atomic mass is 10.2. The molecule has 4 N–H and O–H groups in total. The molecule has 7 nitrogen and oxygen atoms in total. The summed E-state index contributed by atoms with van der Waals surface area (Å²) >= 11 is 11.6. The highest BCUT2D eigenvalue weighted by Gasteiger charge is 2.17. The van der Waals surface area contributed by atoms with Gasteiger partial charge in [0, 0.05) is 11.1 Å². The molecule has 126 valence electrons. The number of rotatable bonds is 5. The number of benzene rings is 1. The third-order valence-corrected chi connectivity index (χ3v) is 3.42. The number of imide groups is 1. The summed E-state index contributed by atoms with van der Waals surface area (Å²) in [7, 11) is 0.